The second kappa shape index (κ2) is 7.04. The maximum absolute atomic E-state index is 14.3. The lowest BCUT2D eigenvalue weighted by molar-refractivity contribution is 0.0382. The summed E-state index contributed by atoms with van der Waals surface area (Å²) < 4.78 is 19.9. The fraction of sp³-hybridized carbons (Fsp3) is 0.625. The second-order valence-electron chi connectivity index (χ2n) is 5.67. The van der Waals surface area contributed by atoms with Crippen molar-refractivity contribution in [3.8, 4) is 0 Å². The molecule has 1 saturated heterocycles. The Labute approximate surface area is 121 Å². The predicted octanol–water partition coefficient (Wildman–Crippen LogP) is 2.94. The molecule has 1 atom stereocenters. The third-order valence-corrected chi connectivity index (χ3v) is 3.66. The minimum Gasteiger partial charge on any atom is -0.375 e. The maximum atomic E-state index is 14.3. The molecule has 0 bridgehead atoms. The van der Waals surface area contributed by atoms with Gasteiger partial charge in [0.25, 0.3) is 0 Å². The Morgan fingerprint density at radius 2 is 2.25 bits per heavy atom. The van der Waals surface area contributed by atoms with E-state index < -0.39 is 0 Å². The number of rotatable bonds is 5. The highest BCUT2D eigenvalue weighted by atomic mass is 19.1. The smallest absolute Gasteiger partial charge is 0.146 e. The SMILES string of the molecule is CCC1CN(c2ccc(CNC(C)C)cc2F)CCO1. The van der Waals surface area contributed by atoms with Gasteiger partial charge >= 0.3 is 0 Å². The van der Waals surface area contributed by atoms with Crippen LogP contribution in [0, 0.1) is 5.82 Å². The van der Waals surface area contributed by atoms with Crippen molar-refractivity contribution in [1.82, 2.24) is 5.32 Å². The third-order valence-electron chi connectivity index (χ3n) is 3.66. The van der Waals surface area contributed by atoms with Gasteiger partial charge in [0.15, 0.2) is 0 Å². The predicted molar refractivity (Wildman–Crippen MR) is 80.6 cm³/mol. The molecule has 1 heterocycles. The fourth-order valence-electron chi connectivity index (χ4n) is 2.42. The number of nitrogens with one attached hydrogen (secondary N) is 1. The summed E-state index contributed by atoms with van der Waals surface area (Å²) in [6.45, 7) is 9.19. The van der Waals surface area contributed by atoms with Crippen LogP contribution in [0.3, 0.4) is 0 Å². The van der Waals surface area contributed by atoms with Gasteiger partial charge in [-0.05, 0) is 24.1 Å². The molecule has 0 amide bonds. The number of ether oxygens (including phenoxy) is 1. The molecule has 2 rings (SSSR count). The molecular weight excluding hydrogens is 255 g/mol. The van der Waals surface area contributed by atoms with Gasteiger partial charge in [0, 0.05) is 25.7 Å². The lowest BCUT2D eigenvalue weighted by atomic mass is 10.1. The standard InChI is InChI=1S/C16H25FN2O/c1-4-14-11-19(7-8-20-14)16-6-5-13(9-15(16)17)10-18-12(2)3/h5-6,9,12,14,18H,4,7-8,10-11H2,1-3H3. The number of halogens is 1. The summed E-state index contributed by atoms with van der Waals surface area (Å²) in [5.74, 6) is -0.134. The van der Waals surface area contributed by atoms with Crippen molar-refractivity contribution in [2.24, 2.45) is 0 Å². The van der Waals surface area contributed by atoms with Gasteiger partial charge in [-0.2, -0.15) is 0 Å². The molecule has 1 unspecified atom stereocenters. The van der Waals surface area contributed by atoms with E-state index in [1.807, 2.05) is 12.1 Å². The molecule has 1 aliphatic rings. The van der Waals surface area contributed by atoms with Crippen molar-refractivity contribution < 1.29 is 9.13 Å². The second-order valence-corrected chi connectivity index (χ2v) is 5.67. The van der Waals surface area contributed by atoms with Crippen molar-refractivity contribution in [3.05, 3.63) is 29.6 Å². The first-order chi connectivity index (χ1) is 9.60. The van der Waals surface area contributed by atoms with E-state index in [4.69, 9.17) is 4.74 Å². The normalized spacial score (nSPS) is 19.6. The Balaban J connectivity index is 2.05. The summed E-state index contributed by atoms with van der Waals surface area (Å²) in [4.78, 5) is 2.09. The highest BCUT2D eigenvalue weighted by Gasteiger charge is 2.21. The lowest BCUT2D eigenvalue weighted by Crippen LogP contribution is -2.42. The highest BCUT2D eigenvalue weighted by molar-refractivity contribution is 5.49. The molecule has 1 aromatic carbocycles. The number of nitrogens with zero attached hydrogens (tertiary/aromatic N) is 1. The molecule has 20 heavy (non-hydrogen) atoms. The molecule has 112 valence electrons. The van der Waals surface area contributed by atoms with Crippen LogP contribution in [0.4, 0.5) is 10.1 Å². The van der Waals surface area contributed by atoms with Gasteiger partial charge in [-0.25, -0.2) is 4.39 Å². The van der Waals surface area contributed by atoms with E-state index in [0.29, 0.717) is 24.9 Å². The zero-order chi connectivity index (χ0) is 14.5. The van der Waals surface area contributed by atoms with Gasteiger partial charge in [-0.3, -0.25) is 0 Å². The molecule has 0 aromatic heterocycles. The van der Waals surface area contributed by atoms with Crippen molar-refractivity contribution in [2.75, 3.05) is 24.6 Å². The van der Waals surface area contributed by atoms with Crippen LogP contribution in [0.25, 0.3) is 0 Å². The van der Waals surface area contributed by atoms with Crippen LogP contribution in [0.5, 0.6) is 0 Å². The molecule has 1 aliphatic heterocycles. The molecule has 0 aliphatic carbocycles. The summed E-state index contributed by atoms with van der Waals surface area (Å²) >= 11 is 0. The summed E-state index contributed by atoms with van der Waals surface area (Å²) in [6.07, 6.45) is 1.18. The first-order valence-corrected chi connectivity index (χ1v) is 7.48. The first kappa shape index (κ1) is 15.3. The first-order valence-electron chi connectivity index (χ1n) is 7.48. The van der Waals surface area contributed by atoms with Gasteiger partial charge in [-0.1, -0.05) is 26.8 Å². The lowest BCUT2D eigenvalue weighted by Gasteiger charge is -2.34. The molecule has 0 spiro atoms. The van der Waals surface area contributed by atoms with Crippen molar-refractivity contribution in [1.29, 1.82) is 0 Å². The molecule has 1 aromatic rings. The molecule has 1 N–H and O–H groups in total. The fourth-order valence-corrected chi connectivity index (χ4v) is 2.42. The van der Waals surface area contributed by atoms with Crippen LogP contribution < -0.4 is 10.2 Å². The average Bonchev–Trinajstić information content (AvgIpc) is 2.45. The van der Waals surface area contributed by atoms with Gasteiger partial charge < -0.3 is 15.0 Å². The minimum atomic E-state index is -0.134. The van der Waals surface area contributed by atoms with E-state index >= 15 is 0 Å². The third kappa shape index (κ3) is 3.93. The summed E-state index contributed by atoms with van der Waals surface area (Å²) in [6, 6.07) is 5.94. The zero-order valence-electron chi connectivity index (χ0n) is 12.7. The number of hydrogen-bond acceptors (Lipinski definition) is 3. The molecule has 0 saturated carbocycles. The Kier molecular flexibility index (Phi) is 5.38. The number of morpholine rings is 1. The topological polar surface area (TPSA) is 24.5 Å². The van der Waals surface area contributed by atoms with Crippen molar-refractivity contribution in [2.45, 2.75) is 45.9 Å². The molecule has 0 radical (unpaired) electrons. The van der Waals surface area contributed by atoms with Gasteiger partial charge in [0.05, 0.1) is 18.4 Å². The van der Waals surface area contributed by atoms with E-state index in [1.54, 1.807) is 6.07 Å². The Bertz CT molecular complexity index is 436. The molecule has 4 heteroatoms. The van der Waals surface area contributed by atoms with Crippen LogP contribution in [0.2, 0.25) is 0 Å². The van der Waals surface area contributed by atoms with E-state index in [-0.39, 0.29) is 11.9 Å². The zero-order valence-corrected chi connectivity index (χ0v) is 12.7. The van der Waals surface area contributed by atoms with Crippen LogP contribution in [0.1, 0.15) is 32.8 Å². The Morgan fingerprint density at radius 1 is 1.45 bits per heavy atom. The van der Waals surface area contributed by atoms with Gasteiger partial charge in [0.2, 0.25) is 0 Å². The van der Waals surface area contributed by atoms with E-state index in [2.05, 4.69) is 31.0 Å². The molecule has 1 fully saturated rings. The Hall–Kier alpha value is -1.13. The van der Waals surface area contributed by atoms with E-state index in [9.17, 15) is 4.39 Å². The number of hydrogen-bond donors (Lipinski definition) is 1. The quantitative estimate of drug-likeness (QED) is 0.897. The number of anilines is 1. The van der Waals surface area contributed by atoms with Crippen molar-refractivity contribution in [3.63, 3.8) is 0 Å². The average molecular weight is 280 g/mol. The van der Waals surface area contributed by atoms with Gasteiger partial charge in [0.1, 0.15) is 5.82 Å². The van der Waals surface area contributed by atoms with Crippen LogP contribution in [0.15, 0.2) is 18.2 Å². The summed E-state index contributed by atoms with van der Waals surface area (Å²) in [7, 11) is 0. The maximum Gasteiger partial charge on any atom is 0.146 e. The summed E-state index contributed by atoms with van der Waals surface area (Å²) in [5, 5.41) is 3.30. The highest BCUT2D eigenvalue weighted by Crippen LogP contribution is 2.23. The van der Waals surface area contributed by atoms with Crippen LogP contribution >= 0.6 is 0 Å². The summed E-state index contributed by atoms with van der Waals surface area (Å²) in [5.41, 5.74) is 1.68. The van der Waals surface area contributed by atoms with Crippen LogP contribution in [-0.2, 0) is 11.3 Å². The van der Waals surface area contributed by atoms with E-state index in [1.165, 1.54) is 0 Å². The van der Waals surface area contributed by atoms with Crippen LogP contribution in [-0.4, -0.2) is 31.8 Å². The molecular formula is C16H25FN2O. The number of benzene rings is 1. The van der Waals surface area contributed by atoms with Crippen molar-refractivity contribution >= 4 is 5.69 Å². The molecule has 3 nitrogen and oxygen atoms in total. The minimum absolute atomic E-state index is 0.134. The van der Waals surface area contributed by atoms with E-state index in [0.717, 1.165) is 25.1 Å². The Morgan fingerprint density at radius 3 is 2.90 bits per heavy atom. The monoisotopic (exact) mass is 280 g/mol. The van der Waals surface area contributed by atoms with Gasteiger partial charge in [-0.15, -0.1) is 0 Å². The largest absolute Gasteiger partial charge is 0.375 e.